The van der Waals surface area contributed by atoms with Gasteiger partial charge in [-0.3, -0.25) is 4.79 Å². The van der Waals surface area contributed by atoms with Gasteiger partial charge in [-0.15, -0.1) is 0 Å². The van der Waals surface area contributed by atoms with E-state index in [9.17, 15) is 19.0 Å². The maximum atomic E-state index is 15.0. The summed E-state index contributed by atoms with van der Waals surface area (Å²) in [4.78, 5) is 12.8. The largest absolute Gasteiger partial charge is 0.493 e. The maximum Gasteiger partial charge on any atom is 0.290 e. The van der Waals surface area contributed by atoms with Gasteiger partial charge in [-0.05, 0) is 98.4 Å². The lowest BCUT2D eigenvalue weighted by molar-refractivity contribution is -0.122. The zero-order valence-electron chi connectivity index (χ0n) is 23.1. The molecule has 3 atom stereocenters. The molecule has 40 heavy (non-hydrogen) atoms. The zero-order chi connectivity index (χ0) is 29.2. The van der Waals surface area contributed by atoms with Gasteiger partial charge in [-0.1, -0.05) is 0 Å². The van der Waals surface area contributed by atoms with Crippen LogP contribution in [0.15, 0.2) is 36.5 Å². The van der Waals surface area contributed by atoms with Crippen molar-refractivity contribution in [3.63, 3.8) is 0 Å². The molecule has 214 valence electrons. The van der Waals surface area contributed by atoms with Crippen LogP contribution in [0.5, 0.6) is 11.6 Å². The molecule has 1 heterocycles. The molecule has 2 aliphatic carbocycles. The zero-order valence-corrected chi connectivity index (χ0v) is 23.1. The first-order valence-electron chi connectivity index (χ1n) is 13.2. The second-order valence-electron chi connectivity index (χ2n) is 11.1. The number of pyridine rings is 1. The minimum Gasteiger partial charge on any atom is -0.493 e. The molecule has 0 amide bonds. The molecule has 2 aromatic carbocycles. The summed E-state index contributed by atoms with van der Waals surface area (Å²) in [6.45, 7) is 6.69. The Morgan fingerprint density at radius 1 is 1.10 bits per heavy atom. The van der Waals surface area contributed by atoms with Gasteiger partial charge < -0.3 is 24.8 Å². The monoisotopic (exact) mass is 555 g/mol. The first-order valence-corrected chi connectivity index (χ1v) is 13.2. The molecular weight excluding hydrogens is 520 g/mol. The van der Waals surface area contributed by atoms with Crippen LogP contribution in [0, 0.1) is 31.4 Å². The van der Waals surface area contributed by atoms with Crippen molar-refractivity contribution in [3.05, 3.63) is 76.0 Å². The van der Waals surface area contributed by atoms with Crippen LogP contribution in [-0.2, 0) is 17.8 Å². The molecule has 3 aromatic rings. The van der Waals surface area contributed by atoms with Crippen LogP contribution < -0.4 is 9.47 Å². The Morgan fingerprint density at radius 2 is 1.77 bits per heavy atom. The Morgan fingerprint density at radius 3 is 2.42 bits per heavy atom. The summed E-state index contributed by atoms with van der Waals surface area (Å²) in [7, 11) is 0. The van der Waals surface area contributed by atoms with E-state index in [-0.39, 0.29) is 31.7 Å². The number of aliphatic hydroxyl groups is 2. The van der Waals surface area contributed by atoms with Gasteiger partial charge in [0.15, 0.2) is 0 Å². The quantitative estimate of drug-likeness (QED) is 0.300. The summed E-state index contributed by atoms with van der Waals surface area (Å²) >= 11 is 0. The molecule has 3 N–H and O–H groups in total. The van der Waals surface area contributed by atoms with Crippen LogP contribution in [0.1, 0.15) is 60.4 Å². The Balaban J connectivity index is 0.00000118. The molecule has 5 rings (SSSR count). The Bertz CT molecular complexity index is 1360. The predicted octanol–water partition coefficient (Wildman–Crippen LogP) is 5.48. The van der Waals surface area contributed by atoms with Crippen molar-refractivity contribution in [3.8, 4) is 22.8 Å². The lowest BCUT2D eigenvalue weighted by atomic mass is 9.93. The number of hydrogen-bond acceptors (Lipinski definition) is 6. The number of carbonyl (C=O) groups is 1. The highest BCUT2D eigenvalue weighted by Crippen LogP contribution is 2.56. The molecule has 7 nitrogen and oxygen atoms in total. The minimum absolute atomic E-state index is 0.0550. The van der Waals surface area contributed by atoms with E-state index in [0.29, 0.717) is 28.7 Å². The molecular formula is C31H35F2NO6. The highest BCUT2D eigenvalue weighted by atomic mass is 19.1. The molecule has 9 heteroatoms. The van der Waals surface area contributed by atoms with Crippen molar-refractivity contribution >= 4 is 6.47 Å². The second-order valence-corrected chi connectivity index (χ2v) is 11.1. The van der Waals surface area contributed by atoms with Crippen LogP contribution in [0.2, 0.25) is 0 Å². The first-order chi connectivity index (χ1) is 18.9. The van der Waals surface area contributed by atoms with E-state index in [1.54, 1.807) is 26.0 Å². The van der Waals surface area contributed by atoms with Gasteiger partial charge in [0.2, 0.25) is 5.88 Å². The number of hydrogen-bond donors (Lipinski definition) is 3. The summed E-state index contributed by atoms with van der Waals surface area (Å²) < 4.78 is 41.2. The highest BCUT2D eigenvalue weighted by Gasteiger charge is 2.45. The molecule has 2 aliphatic rings. The van der Waals surface area contributed by atoms with E-state index in [1.807, 2.05) is 26.1 Å². The molecule has 3 unspecified atom stereocenters. The molecule has 0 saturated heterocycles. The topological polar surface area (TPSA) is 109 Å². The van der Waals surface area contributed by atoms with Gasteiger partial charge in [0, 0.05) is 35.9 Å². The summed E-state index contributed by atoms with van der Waals surface area (Å²) in [5.41, 5.74) is 4.11. The van der Waals surface area contributed by atoms with E-state index in [4.69, 9.17) is 19.4 Å². The van der Waals surface area contributed by atoms with E-state index in [1.165, 1.54) is 23.6 Å². The SMILES string of the molecule is Cc1cc(OCCC(O)C(C)(C)O)cc(C)c1-c1cc(COc2cc3c(cn2)C2CC2C3)c(F)cc1F.O=CO. The van der Waals surface area contributed by atoms with Crippen LogP contribution in [0.3, 0.4) is 0 Å². The maximum absolute atomic E-state index is 15.0. The summed E-state index contributed by atoms with van der Waals surface area (Å²) in [6, 6.07) is 7.92. The van der Waals surface area contributed by atoms with E-state index in [2.05, 4.69) is 4.98 Å². The average molecular weight is 556 g/mol. The fourth-order valence-electron chi connectivity index (χ4n) is 5.33. The number of carboxylic acid groups (broad SMARTS) is 1. The predicted molar refractivity (Wildman–Crippen MR) is 145 cm³/mol. The third-order valence-electron chi connectivity index (χ3n) is 7.57. The Hall–Kier alpha value is -3.56. The van der Waals surface area contributed by atoms with E-state index >= 15 is 0 Å². The Labute approximate surface area is 232 Å². The molecule has 1 saturated carbocycles. The van der Waals surface area contributed by atoms with Crippen LogP contribution in [-0.4, -0.2) is 45.1 Å². The van der Waals surface area contributed by atoms with Gasteiger partial charge in [0.1, 0.15) is 24.0 Å². The van der Waals surface area contributed by atoms with Gasteiger partial charge >= 0.3 is 0 Å². The number of benzene rings is 2. The number of nitrogens with zero attached hydrogens (tertiary/aromatic N) is 1. The average Bonchev–Trinajstić information content (AvgIpc) is 3.54. The standard InChI is InChI=1S/C30H33F2NO4.CH2O2/c1-16-7-21(36-6-5-27(34)30(3,4)35)8-17(2)29(16)23-11-20(25(31)13-26(23)32)15-37-28-12-19-9-18-10-22(18)24(19)14-33-28;2-1-3/h7-8,11-14,18,22,27,34-35H,5-6,9-10,15H2,1-4H3;1H,(H,2,3). The van der Waals surface area contributed by atoms with Gasteiger partial charge in [0.25, 0.3) is 6.47 Å². The summed E-state index contributed by atoms with van der Waals surface area (Å²) in [5.74, 6) is 1.11. The number of fused-ring (bicyclic) bond motifs is 3. The molecule has 0 radical (unpaired) electrons. The molecule has 0 bridgehead atoms. The lowest BCUT2D eigenvalue weighted by Gasteiger charge is -2.24. The summed E-state index contributed by atoms with van der Waals surface area (Å²) in [5, 5.41) is 26.8. The Kier molecular flexibility index (Phi) is 8.75. The van der Waals surface area contributed by atoms with Gasteiger partial charge in [0.05, 0.1) is 18.3 Å². The number of aromatic nitrogens is 1. The third-order valence-corrected chi connectivity index (χ3v) is 7.57. The fourth-order valence-corrected chi connectivity index (χ4v) is 5.33. The van der Waals surface area contributed by atoms with Crippen molar-refractivity contribution in [2.24, 2.45) is 5.92 Å². The van der Waals surface area contributed by atoms with E-state index in [0.717, 1.165) is 29.5 Å². The number of aliphatic hydroxyl groups excluding tert-OH is 1. The van der Waals surface area contributed by atoms with Gasteiger partial charge in [-0.25, -0.2) is 13.8 Å². The number of halogens is 2. The molecule has 1 aromatic heterocycles. The first kappa shape index (κ1) is 29.4. The van der Waals surface area contributed by atoms with Crippen molar-refractivity contribution < 1.29 is 38.4 Å². The minimum atomic E-state index is -1.21. The van der Waals surface area contributed by atoms with E-state index < -0.39 is 23.3 Å². The van der Waals surface area contributed by atoms with Crippen molar-refractivity contribution in [2.75, 3.05) is 6.61 Å². The number of ether oxygens (including phenoxy) is 2. The number of aryl methyl sites for hydroxylation is 2. The van der Waals surface area contributed by atoms with Crippen molar-refractivity contribution in [2.45, 2.75) is 71.2 Å². The normalized spacial score (nSPS) is 17.7. The third kappa shape index (κ3) is 6.59. The van der Waals surface area contributed by atoms with Crippen LogP contribution >= 0.6 is 0 Å². The van der Waals surface area contributed by atoms with Gasteiger partial charge in [-0.2, -0.15) is 0 Å². The number of rotatable bonds is 9. The van der Waals surface area contributed by atoms with Crippen LogP contribution in [0.25, 0.3) is 11.1 Å². The van der Waals surface area contributed by atoms with Crippen LogP contribution in [0.4, 0.5) is 8.78 Å². The molecule has 1 fully saturated rings. The molecule has 0 aliphatic heterocycles. The second kappa shape index (κ2) is 11.9. The van der Waals surface area contributed by atoms with Crippen molar-refractivity contribution in [1.82, 2.24) is 4.98 Å². The molecule has 0 spiro atoms. The smallest absolute Gasteiger partial charge is 0.290 e. The van der Waals surface area contributed by atoms with Crippen molar-refractivity contribution in [1.29, 1.82) is 0 Å². The summed E-state index contributed by atoms with van der Waals surface area (Å²) in [6.07, 6.45) is 3.51. The fraction of sp³-hybridized carbons (Fsp3) is 0.419. The highest BCUT2D eigenvalue weighted by molar-refractivity contribution is 5.73. The lowest BCUT2D eigenvalue weighted by Crippen LogP contribution is -2.36.